The number of aromatic nitrogens is 1. The van der Waals surface area contributed by atoms with Crippen molar-refractivity contribution in [3.05, 3.63) is 68.6 Å². The molecule has 0 saturated heterocycles. The molecule has 124 valence electrons. The van der Waals surface area contributed by atoms with E-state index in [1.165, 1.54) is 11.3 Å². The lowest BCUT2D eigenvalue weighted by Gasteiger charge is -2.22. The molecule has 3 rings (SSSR count). The van der Waals surface area contributed by atoms with Crippen LogP contribution in [0, 0.1) is 0 Å². The van der Waals surface area contributed by atoms with Crippen molar-refractivity contribution in [3.8, 4) is 0 Å². The van der Waals surface area contributed by atoms with Crippen LogP contribution in [0.5, 0.6) is 0 Å². The number of H-pyrrole nitrogens is 1. The van der Waals surface area contributed by atoms with Gasteiger partial charge in [0.1, 0.15) is 5.60 Å². The van der Waals surface area contributed by atoms with E-state index in [0.717, 1.165) is 16.5 Å². The van der Waals surface area contributed by atoms with E-state index in [1.54, 1.807) is 13.0 Å². The molecule has 24 heavy (non-hydrogen) atoms. The molecular formula is C18H18N2O3S. The molecule has 0 radical (unpaired) electrons. The third kappa shape index (κ3) is 3.55. The molecule has 2 aromatic heterocycles. The van der Waals surface area contributed by atoms with Gasteiger partial charge >= 0.3 is 0 Å². The molecule has 0 aliphatic rings. The SMILES string of the molecule is CC(O)(CNC(=O)Cc1cc2ccccc2[nH]c1=O)c1ccsc1. The van der Waals surface area contributed by atoms with Crippen LogP contribution in [-0.2, 0) is 16.8 Å². The molecule has 0 bridgehead atoms. The fraction of sp³-hybridized carbons (Fsp3) is 0.222. The van der Waals surface area contributed by atoms with Crippen LogP contribution >= 0.6 is 11.3 Å². The maximum Gasteiger partial charge on any atom is 0.252 e. The second-order valence-electron chi connectivity index (χ2n) is 5.95. The van der Waals surface area contributed by atoms with E-state index < -0.39 is 5.60 Å². The quantitative estimate of drug-likeness (QED) is 0.664. The van der Waals surface area contributed by atoms with E-state index in [4.69, 9.17) is 0 Å². The molecule has 0 aliphatic heterocycles. The Morgan fingerprint density at radius 3 is 2.88 bits per heavy atom. The number of para-hydroxylation sites is 1. The van der Waals surface area contributed by atoms with Crippen molar-refractivity contribution >= 4 is 28.1 Å². The van der Waals surface area contributed by atoms with Crippen molar-refractivity contribution in [2.75, 3.05) is 6.54 Å². The number of aliphatic hydroxyl groups is 1. The first-order chi connectivity index (χ1) is 11.5. The van der Waals surface area contributed by atoms with Gasteiger partial charge in [-0.05, 0) is 46.8 Å². The van der Waals surface area contributed by atoms with Crippen molar-refractivity contribution in [1.82, 2.24) is 10.3 Å². The number of fused-ring (bicyclic) bond motifs is 1. The van der Waals surface area contributed by atoms with Gasteiger partial charge in [0.25, 0.3) is 5.56 Å². The normalized spacial score (nSPS) is 13.6. The Balaban J connectivity index is 1.69. The second-order valence-corrected chi connectivity index (χ2v) is 6.73. The molecule has 1 aromatic carbocycles. The summed E-state index contributed by atoms with van der Waals surface area (Å²) in [4.78, 5) is 27.0. The number of nitrogens with one attached hydrogen (secondary N) is 2. The zero-order chi connectivity index (χ0) is 17.2. The van der Waals surface area contributed by atoms with Crippen LogP contribution in [0.2, 0.25) is 0 Å². The Labute approximate surface area is 143 Å². The lowest BCUT2D eigenvalue weighted by atomic mass is 9.99. The van der Waals surface area contributed by atoms with E-state index in [9.17, 15) is 14.7 Å². The van der Waals surface area contributed by atoms with Gasteiger partial charge in [0.15, 0.2) is 0 Å². The lowest BCUT2D eigenvalue weighted by molar-refractivity contribution is -0.121. The number of aromatic amines is 1. The van der Waals surface area contributed by atoms with E-state index in [1.807, 2.05) is 41.1 Å². The van der Waals surface area contributed by atoms with Gasteiger partial charge in [-0.25, -0.2) is 0 Å². The topological polar surface area (TPSA) is 82.2 Å². The average molecular weight is 342 g/mol. The molecule has 0 spiro atoms. The maximum absolute atomic E-state index is 12.1. The van der Waals surface area contributed by atoms with E-state index in [-0.39, 0.29) is 24.4 Å². The van der Waals surface area contributed by atoms with Crippen molar-refractivity contribution in [1.29, 1.82) is 0 Å². The number of hydrogen-bond acceptors (Lipinski definition) is 4. The summed E-state index contributed by atoms with van der Waals surface area (Å²) in [6.45, 7) is 1.74. The number of thiophene rings is 1. The van der Waals surface area contributed by atoms with Gasteiger partial charge in [0.2, 0.25) is 5.91 Å². The third-order valence-corrected chi connectivity index (χ3v) is 4.64. The molecule has 3 aromatic rings. The van der Waals surface area contributed by atoms with Crippen LogP contribution in [0.15, 0.2) is 52.0 Å². The molecule has 3 N–H and O–H groups in total. The van der Waals surface area contributed by atoms with Gasteiger partial charge in [-0.2, -0.15) is 11.3 Å². The minimum absolute atomic E-state index is 0.0279. The van der Waals surface area contributed by atoms with E-state index >= 15 is 0 Å². The summed E-state index contributed by atoms with van der Waals surface area (Å²) in [5, 5.41) is 17.7. The monoisotopic (exact) mass is 342 g/mol. The Bertz CT molecular complexity index is 913. The fourth-order valence-electron chi connectivity index (χ4n) is 2.50. The third-order valence-electron chi connectivity index (χ3n) is 3.95. The highest BCUT2D eigenvalue weighted by Crippen LogP contribution is 2.22. The van der Waals surface area contributed by atoms with Crippen molar-refractivity contribution in [3.63, 3.8) is 0 Å². The minimum Gasteiger partial charge on any atom is -0.384 e. The number of carbonyl (C=O) groups is 1. The van der Waals surface area contributed by atoms with Crippen LogP contribution in [0.3, 0.4) is 0 Å². The molecule has 1 unspecified atom stereocenters. The Morgan fingerprint density at radius 1 is 1.33 bits per heavy atom. The second kappa shape index (κ2) is 6.59. The molecule has 1 amide bonds. The van der Waals surface area contributed by atoms with Crippen LogP contribution < -0.4 is 10.9 Å². The summed E-state index contributed by atoms with van der Waals surface area (Å²) in [5.41, 5.74) is 0.504. The van der Waals surface area contributed by atoms with Gasteiger partial charge in [-0.3, -0.25) is 9.59 Å². The maximum atomic E-state index is 12.1. The summed E-state index contributed by atoms with van der Waals surface area (Å²) in [6, 6.07) is 11.0. The predicted molar refractivity (Wildman–Crippen MR) is 95.2 cm³/mol. The zero-order valence-corrected chi connectivity index (χ0v) is 14.0. The summed E-state index contributed by atoms with van der Waals surface area (Å²) in [5.74, 6) is -0.300. The Kier molecular flexibility index (Phi) is 4.51. The fourth-order valence-corrected chi connectivity index (χ4v) is 3.29. The highest BCUT2D eigenvalue weighted by atomic mass is 32.1. The first kappa shape index (κ1) is 16.4. The van der Waals surface area contributed by atoms with Crippen molar-refractivity contribution in [2.45, 2.75) is 18.9 Å². The Hall–Kier alpha value is -2.44. The van der Waals surface area contributed by atoms with Crippen LogP contribution in [0.25, 0.3) is 10.9 Å². The van der Waals surface area contributed by atoms with E-state index in [2.05, 4.69) is 10.3 Å². The number of pyridine rings is 1. The smallest absolute Gasteiger partial charge is 0.252 e. The molecule has 5 nitrogen and oxygen atoms in total. The van der Waals surface area contributed by atoms with Gasteiger partial charge in [0, 0.05) is 11.1 Å². The Morgan fingerprint density at radius 2 is 2.12 bits per heavy atom. The summed E-state index contributed by atoms with van der Waals surface area (Å²) in [7, 11) is 0. The van der Waals surface area contributed by atoms with Crippen LogP contribution in [0.1, 0.15) is 18.1 Å². The molecule has 1 atom stereocenters. The number of hydrogen-bond donors (Lipinski definition) is 3. The largest absolute Gasteiger partial charge is 0.384 e. The van der Waals surface area contributed by atoms with Gasteiger partial charge in [-0.15, -0.1) is 0 Å². The molecule has 0 fully saturated rings. The van der Waals surface area contributed by atoms with Gasteiger partial charge < -0.3 is 15.4 Å². The standard InChI is InChI=1S/C18H18N2O3S/c1-18(23,14-6-7-24-10-14)11-19-16(21)9-13-8-12-4-2-3-5-15(12)20-17(13)22/h2-8,10,23H,9,11H2,1H3,(H,19,21)(H,20,22). The highest BCUT2D eigenvalue weighted by Gasteiger charge is 2.24. The van der Waals surface area contributed by atoms with Crippen LogP contribution in [0.4, 0.5) is 0 Å². The number of rotatable bonds is 5. The van der Waals surface area contributed by atoms with Crippen LogP contribution in [-0.4, -0.2) is 22.5 Å². The highest BCUT2D eigenvalue weighted by molar-refractivity contribution is 7.08. The number of amides is 1. The average Bonchev–Trinajstić information content (AvgIpc) is 3.09. The first-order valence-electron chi connectivity index (χ1n) is 7.58. The summed E-state index contributed by atoms with van der Waals surface area (Å²) >= 11 is 1.49. The lowest BCUT2D eigenvalue weighted by Crippen LogP contribution is -2.39. The van der Waals surface area contributed by atoms with Gasteiger partial charge in [0.05, 0.1) is 13.0 Å². The van der Waals surface area contributed by atoms with Crippen molar-refractivity contribution in [2.24, 2.45) is 0 Å². The van der Waals surface area contributed by atoms with Crippen molar-refractivity contribution < 1.29 is 9.90 Å². The predicted octanol–water partition coefficient (Wildman–Crippen LogP) is 2.16. The summed E-state index contributed by atoms with van der Waals surface area (Å²) in [6.07, 6.45) is -0.0279. The molecule has 2 heterocycles. The zero-order valence-electron chi connectivity index (χ0n) is 13.2. The molecular weight excluding hydrogens is 324 g/mol. The first-order valence-corrected chi connectivity index (χ1v) is 8.53. The molecule has 6 heteroatoms. The minimum atomic E-state index is -1.13. The molecule has 0 aliphatic carbocycles. The number of carbonyl (C=O) groups excluding carboxylic acids is 1. The van der Waals surface area contributed by atoms with Gasteiger partial charge in [-0.1, -0.05) is 18.2 Å². The summed E-state index contributed by atoms with van der Waals surface area (Å²) < 4.78 is 0. The molecule has 0 saturated carbocycles. The number of benzene rings is 1. The van der Waals surface area contributed by atoms with E-state index in [0.29, 0.717) is 5.56 Å².